The summed E-state index contributed by atoms with van der Waals surface area (Å²) in [5.41, 5.74) is 0.624. The zero-order valence-corrected chi connectivity index (χ0v) is 9.53. The molecule has 0 aliphatic rings. The van der Waals surface area contributed by atoms with E-state index in [-0.39, 0.29) is 12.4 Å². The molecular formula is C11H12F3NO3. The van der Waals surface area contributed by atoms with E-state index in [9.17, 15) is 18.0 Å². The molecule has 1 aromatic rings. The van der Waals surface area contributed by atoms with Crippen LogP contribution in [0.4, 0.5) is 13.2 Å². The standard InChI is InChI=1S/C11H12F3NO3/c1-17-6-10(15-7-16)8-2-4-9(5-3-8)18-11(12,13)14/h2-5,7,10H,6H2,1H3,(H,15,16). The smallest absolute Gasteiger partial charge is 0.406 e. The molecule has 18 heavy (non-hydrogen) atoms. The van der Waals surface area contributed by atoms with E-state index in [1.165, 1.54) is 31.4 Å². The molecule has 1 unspecified atom stereocenters. The molecule has 0 saturated carbocycles. The number of hydrogen-bond acceptors (Lipinski definition) is 3. The average Bonchev–Trinajstić information content (AvgIpc) is 2.28. The normalized spacial score (nSPS) is 12.9. The van der Waals surface area contributed by atoms with Gasteiger partial charge in [-0.25, -0.2) is 0 Å². The number of amides is 1. The predicted octanol–water partition coefficient (Wildman–Crippen LogP) is 2.02. The van der Waals surface area contributed by atoms with Gasteiger partial charge in [-0.05, 0) is 17.7 Å². The third kappa shape index (κ3) is 4.62. The van der Waals surface area contributed by atoms with Gasteiger partial charge in [-0.3, -0.25) is 4.79 Å². The summed E-state index contributed by atoms with van der Waals surface area (Å²) in [6, 6.07) is 4.81. The van der Waals surface area contributed by atoms with Crippen molar-refractivity contribution in [1.29, 1.82) is 0 Å². The van der Waals surface area contributed by atoms with Gasteiger partial charge >= 0.3 is 6.36 Å². The van der Waals surface area contributed by atoms with Crippen LogP contribution in [0.3, 0.4) is 0 Å². The maximum Gasteiger partial charge on any atom is 0.573 e. The van der Waals surface area contributed by atoms with Crippen LogP contribution in [-0.2, 0) is 9.53 Å². The fourth-order valence-electron chi connectivity index (χ4n) is 1.39. The van der Waals surface area contributed by atoms with Crippen LogP contribution in [0, 0.1) is 0 Å². The van der Waals surface area contributed by atoms with E-state index in [2.05, 4.69) is 10.1 Å². The van der Waals surface area contributed by atoms with Gasteiger partial charge in [0.2, 0.25) is 6.41 Å². The van der Waals surface area contributed by atoms with E-state index in [1.54, 1.807) is 0 Å². The highest BCUT2D eigenvalue weighted by Crippen LogP contribution is 2.24. The van der Waals surface area contributed by atoms with E-state index >= 15 is 0 Å². The number of hydrogen-bond donors (Lipinski definition) is 1. The number of rotatable bonds is 6. The molecule has 0 saturated heterocycles. The third-order valence-corrected chi connectivity index (χ3v) is 2.12. The van der Waals surface area contributed by atoms with Crippen molar-refractivity contribution < 1.29 is 27.4 Å². The molecule has 0 radical (unpaired) electrons. The van der Waals surface area contributed by atoms with Gasteiger partial charge in [0.25, 0.3) is 0 Å². The van der Waals surface area contributed by atoms with Crippen LogP contribution in [0.2, 0.25) is 0 Å². The highest BCUT2D eigenvalue weighted by molar-refractivity contribution is 5.48. The zero-order valence-electron chi connectivity index (χ0n) is 9.53. The minimum absolute atomic E-state index is 0.220. The summed E-state index contributed by atoms with van der Waals surface area (Å²) in [7, 11) is 1.46. The largest absolute Gasteiger partial charge is 0.573 e. The summed E-state index contributed by atoms with van der Waals surface area (Å²) in [4.78, 5) is 10.4. The number of carbonyl (C=O) groups excluding carboxylic acids is 1. The van der Waals surface area contributed by atoms with E-state index in [4.69, 9.17) is 4.74 Å². The number of methoxy groups -OCH3 is 1. The van der Waals surface area contributed by atoms with Crippen molar-refractivity contribution in [2.75, 3.05) is 13.7 Å². The van der Waals surface area contributed by atoms with Crippen molar-refractivity contribution in [2.24, 2.45) is 0 Å². The minimum Gasteiger partial charge on any atom is -0.406 e. The van der Waals surface area contributed by atoms with Crippen LogP contribution in [0.15, 0.2) is 24.3 Å². The number of nitrogens with one attached hydrogen (secondary N) is 1. The summed E-state index contributed by atoms with van der Waals surface area (Å²) < 4.78 is 44.4. The molecule has 1 aromatic carbocycles. The van der Waals surface area contributed by atoms with E-state index in [0.717, 1.165) is 0 Å². The van der Waals surface area contributed by atoms with Gasteiger partial charge in [0.15, 0.2) is 0 Å². The second kappa shape index (κ2) is 6.25. The van der Waals surface area contributed by atoms with E-state index < -0.39 is 12.4 Å². The third-order valence-electron chi connectivity index (χ3n) is 2.12. The number of benzene rings is 1. The molecular weight excluding hydrogens is 251 g/mol. The molecule has 0 aromatic heterocycles. The molecule has 1 N–H and O–H groups in total. The van der Waals surface area contributed by atoms with Crippen molar-refractivity contribution in [2.45, 2.75) is 12.4 Å². The quantitative estimate of drug-likeness (QED) is 0.799. The number of carbonyl (C=O) groups is 1. The predicted molar refractivity (Wildman–Crippen MR) is 56.9 cm³/mol. The van der Waals surface area contributed by atoms with Crippen LogP contribution in [0.5, 0.6) is 5.75 Å². The molecule has 0 aliphatic heterocycles. The number of halogens is 3. The van der Waals surface area contributed by atoms with Crippen LogP contribution in [-0.4, -0.2) is 26.5 Å². The lowest BCUT2D eigenvalue weighted by Gasteiger charge is -2.16. The van der Waals surface area contributed by atoms with Gasteiger partial charge in [0, 0.05) is 7.11 Å². The molecule has 0 fully saturated rings. The maximum absolute atomic E-state index is 11.9. The van der Waals surface area contributed by atoms with Crippen LogP contribution < -0.4 is 10.1 Å². The van der Waals surface area contributed by atoms with Crippen LogP contribution in [0.25, 0.3) is 0 Å². The lowest BCUT2D eigenvalue weighted by Crippen LogP contribution is -2.23. The lowest BCUT2D eigenvalue weighted by molar-refractivity contribution is -0.274. The Morgan fingerprint density at radius 1 is 1.33 bits per heavy atom. The molecule has 0 spiro atoms. The first-order valence-corrected chi connectivity index (χ1v) is 5.00. The Bertz CT molecular complexity index is 378. The van der Waals surface area contributed by atoms with Crippen molar-refractivity contribution in [3.05, 3.63) is 29.8 Å². The molecule has 4 nitrogen and oxygen atoms in total. The molecule has 0 bridgehead atoms. The summed E-state index contributed by atoms with van der Waals surface area (Å²) in [5, 5.41) is 2.50. The van der Waals surface area contributed by atoms with Gasteiger partial charge in [0.1, 0.15) is 5.75 Å². The monoisotopic (exact) mass is 263 g/mol. The molecule has 1 rings (SSSR count). The molecule has 0 heterocycles. The summed E-state index contributed by atoms with van der Waals surface area (Å²) in [6.07, 6.45) is -4.21. The highest BCUT2D eigenvalue weighted by Gasteiger charge is 2.31. The molecule has 1 amide bonds. The van der Waals surface area contributed by atoms with Gasteiger partial charge in [-0.1, -0.05) is 12.1 Å². The Labute approximate surface area is 102 Å². The zero-order chi connectivity index (χ0) is 13.6. The van der Waals surface area contributed by atoms with Crippen LogP contribution in [0.1, 0.15) is 11.6 Å². The fraction of sp³-hybridized carbons (Fsp3) is 0.364. The highest BCUT2D eigenvalue weighted by atomic mass is 19.4. The number of ether oxygens (including phenoxy) is 2. The van der Waals surface area contributed by atoms with Crippen LogP contribution >= 0.6 is 0 Å². The summed E-state index contributed by atoms with van der Waals surface area (Å²) >= 11 is 0. The Morgan fingerprint density at radius 3 is 2.39 bits per heavy atom. The van der Waals surface area contributed by atoms with Crippen molar-refractivity contribution in [1.82, 2.24) is 5.32 Å². The summed E-state index contributed by atoms with van der Waals surface area (Å²) in [6.45, 7) is 0.220. The first-order chi connectivity index (χ1) is 8.46. The Balaban J connectivity index is 2.76. The first-order valence-electron chi connectivity index (χ1n) is 5.00. The number of alkyl halides is 3. The van der Waals surface area contributed by atoms with Gasteiger partial charge in [0.05, 0.1) is 12.6 Å². The summed E-state index contributed by atoms with van der Waals surface area (Å²) in [5.74, 6) is -0.312. The first kappa shape index (κ1) is 14.3. The maximum atomic E-state index is 11.9. The van der Waals surface area contributed by atoms with Crippen molar-refractivity contribution in [3.8, 4) is 5.75 Å². The molecule has 0 aliphatic carbocycles. The minimum atomic E-state index is -4.71. The van der Waals surface area contributed by atoms with Gasteiger partial charge in [-0.2, -0.15) is 0 Å². The Kier molecular flexibility index (Phi) is 4.96. The van der Waals surface area contributed by atoms with Crippen molar-refractivity contribution in [3.63, 3.8) is 0 Å². The Hall–Kier alpha value is -1.76. The van der Waals surface area contributed by atoms with E-state index in [1.807, 2.05) is 0 Å². The average molecular weight is 263 g/mol. The van der Waals surface area contributed by atoms with Crippen molar-refractivity contribution >= 4 is 6.41 Å². The van der Waals surface area contributed by atoms with E-state index in [0.29, 0.717) is 12.0 Å². The van der Waals surface area contributed by atoms with Gasteiger partial charge in [-0.15, -0.1) is 13.2 Å². The topological polar surface area (TPSA) is 47.6 Å². The second-order valence-corrected chi connectivity index (χ2v) is 3.41. The lowest BCUT2D eigenvalue weighted by atomic mass is 10.1. The molecule has 1 atom stereocenters. The molecule has 7 heteroatoms. The molecule has 100 valence electrons. The Morgan fingerprint density at radius 2 is 1.94 bits per heavy atom. The van der Waals surface area contributed by atoms with Gasteiger partial charge < -0.3 is 14.8 Å². The fourth-order valence-corrected chi connectivity index (χ4v) is 1.39. The SMILES string of the molecule is COCC(NC=O)c1ccc(OC(F)(F)F)cc1. The second-order valence-electron chi connectivity index (χ2n) is 3.41.